The lowest BCUT2D eigenvalue weighted by Gasteiger charge is -2.18. The monoisotopic (exact) mass is 269 g/mol. The molecule has 1 fully saturated rings. The summed E-state index contributed by atoms with van der Waals surface area (Å²) in [5.74, 6) is -0.214. The molecule has 1 aliphatic heterocycles. The molecule has 5 heteroatoms. The van der Waals surface area contributed by atoms with Crippen molar-refractivity contribution in [3.8, 4) is 0 Å². The van der Waals surface area contributed by atoms with Crippen molar-refractivity contribution in [3.63, 3.8) is 0 Å². The van der Waals surface area contributed by atoms with E-state index < -0.39 is 0 Å². The molecular formula is C13H19NO3S. The molecule has 4 nitrogen and oxygen atoms in total. The largest absolute Gasteiger partial charge is 0.465 e. The number of esters is 1. The van der Waals surface area contributed by atoms with Crippen LogP contribution in [-0.4, -0.2) is 31.8 Å². The van der Waals surface area contributed by atoms with Crippen molar-refractivity contribution in [1.82, 2.24) is 5.32 Å². The van der Waals surface area contributed by atoms with E-state index in [9.17, 15) is 4.79 Å². The van der Waals surface area contributed by atoms with Crippen LogP contribution in [0.5, 0.6) is 0 Å². The molecule has 18 heavy (non-hydrogen) atoms. The number of hydrogen-bond donors (Lipinski definition) is 1. The van der Waals surface area contributed by atoms with Crippen LogP contribution in [0.25, 0.3) is 0 Å². The highest BCUT2D eigenvalue weighted by Crippen LogP contribution is 2.19. The van der Waals surface area contributed by atoms with Gasteiger partial charge >= 0.3 is 5.97 Å². The Kier molecular flexibility index (Phi) is 5.16. The van der Waals surface area contributed by atoms with Gasteiger partial charge in [0.05, 0.1) is 12.7 Å². The smallest absolute Gasteiger partial charge is 0.327 e. The highest BCUT2D eigenvalue weighted by molar-refractivity contribution is 7.08. The van der Waals surface area contributed by atoms with Crippen LogP contribution in [0.15, 0.2) is 16.8 Å². The van der Waals surface area contributed by atoms with Crippen molar-refractivity contribution in [2.45, 2.75) is 31.9 Å². The van der Waals surface area contributed by atoms with Gasteiger partial charge in [-0.3, -0.25) is 5.32 Å². The highest BCUT2D eigenvalue weighted by Gasteiger charge is 2.24. The second-order valence-corrected chi connectivity index (χ2v) is 5.07. The van der Waals surface area contributed by atoms with E-state index in [4.69, 9.17) is 9.47 Å². The lowest BCUT2D eigenvalue weighted by Crippen LogP contribution is -2.35. The average molecular weight is 269 g/mol. The Labute approximate surface area is 111 Å². The first-order valence-corrected chi connectivity index (χ1v) is 7.29. The molecule has 1 aliphatic rings. The summed E-state index contributed by atoms with van der Waals surface area (Å²) in [5, 5.41) is 7.20. The van der Waals surface area contributed by atoms with Gasteiger partial charge in [0.1, 0.15) is 6.04 Å². The Hall–Kier alpha value is -0.910. The predicted molar refractivity (Wildman–Crippen MR) is 70.7 cm³/mol. The number of nitrogens with one attached hydrogen (secondary N) is 1. The maximum atomic E-state index is 11.9. The van der Waals surface area contributed by atoms with Crippen molar-refractivity contribution in [1.29, 1.82) is 0 Å². The van der Waals surface area contributed by atoms with Crippen LogP contribution in [0.3, 0.4) is 0 Å². The summed E-state index contributed by atoms with van der Waals surface area (Å²) in [4.78, 5) is 11.9. The van der Waals surface area contributed by atoms with E-state index in [0.717, 1.165) is 25.0 Å². The second-order valence-electron chi connectivity index (χ2n) is 4.29. The van der Waals surface area contributed by atoms with Gasteiger partial charge < -0.3 is 9.47 Å². The summed E-state index contributed by atoms with van der Waals surface area (Å²) in [7, 11) is 0. The number of thiophene rings is 1. The minimum absolute atomic E-state index is 0.214. The maximum absolute atomic E-state index is 11.9. The molecule has 0 amide bonds. The third-order valence-electron chi connectivity index (χ3n) is 2.97. The molecule has 0 aliphatic carbocycles. The van der Waals surface area contributed by atoms with Gasteiger partial charge in [-0.05, 0) is 42.2 Å². The minimum Gasteiger partial charge on any atom is -0.465 e. The molecule has 0 bridgehead atoms. The molecule has 1 saturated heterocycles. The standard InChI is InChI=1S/C13H19NO3S/c1-2-16-13(15)12(10-5-7-18-9-10)14-8-11-4-3-6-17-11/h5,7,9,11-12,14H,2-4,6,8H2,1H3. The van der Waals surface area contributed by atoms with Gasteiger partial charge in [-0.1, -0.05) is 0 Å². The van der Waals surface area contributed by atoms with E-state index in [1.807, 2.05) is 23.8 Å². The zero-order valence-electron chi connectivity index (χ0n) is 10.6. The fourth-order valence-corrected chi connectivity index (χ4v) is 2.74. The Morgan fingerprint density at radius 3 is 3.22 bits per heavy atom. The molecule has 1 N–H and O–H groups in total. The Morgan fingerprint density at radius 1 is 1.72 bits per heavy atom. The lowest BCUT2D eigenvalue weighted by molar-refractivity contribution is -0.146. The topological polar surface area (TPSA) is 47.6 Å². The molecule has 2 rings (SSSR count). The SMILES string of the molecule is CCOC(=O)C(NCC1CCCO1)c1ccsc1. The third kappa shape index (κ3) is 3.54. The van der Waals surface area contributed by atoms with E-state index in [1.54, 1.807) is 11.3 Å². The molecule has 2 heterocycles. The van der Waals surface area contributed by atoms with Crippen molar-refractivity contribution < 1.29 is 14.3 Å². The van der Waals surface area contributed by atoms with E-state index in [0.29, 0.717) is 13.2 Å². The molecular weight excluding hydrogens is 250 g/mol. The Balaban J connectivity index is 1.93. The zero-order chi connectivity index (χ0) is 12.8. The number of carbonyl (C=O) groups excluding carboxylic acids is 1. The van der Waals surface area contributed by atoms with Crippen molar-refractivity contribution in [2.24, 2.45) is 0 Å². The van der Waals surface area contributed by atoms with Crippen LogP contribution in [0.2, 0.25) is 0 Å². The van der Waals surface area contributed by atoms with Crippen LogP contribution in [0.4, 0.5) is 0 Å². The fraction of sp³-hybridized carbons (Fsp3) is 0.615. The van der Waals surface area contributed by atoms with Crippen LogP contribution < -0.4 is 5.32 Å². The molecule has 0 spiro atoms. The molecule has 0 aromatic carbocycles. The Morgan fingerprint density at radius 2 is 2.61 bits per heavy atom. The van der Waals surface area contributed by atoms with Crippen LogP contribution in [-0.2, 0) is 14.3 Å². The molecule has 0 radical (unpaired) electrons. The summed E-state index contributed by atoms with van der Waals surface area (Å²) in [6, 6.07) is 1.58. The van der Waals surface area contributed by atoms with Gasteiger partial charge in [-0.25, -0.2) is 4.79 Å². The van der Waals surface area contributed by atoms with Crippen molar-refractivity contribution in [2.75, 3.05) is 19.8 Å². The lowest BCUT2D eigenvalue weighted by atomic mass is 10.1. The fourth-order valence-electron chi connectivity index (χ4n) is 2.06. The van der Waals surface area contributed by atoms with Gasteiger partial charge in [0.15, 0.2) is 0 Å². The molecule has 1 aromatic rings. The summed E-state index contributed by atoms with van der Waals surface area (Å²) in [6.45, 7) is 3.75. The molecule has 2 atom stereocenters. The summed E-state index contributed by atoms with van der Waals surface area (Å²) >= 11 is 1.58. The average Bonchev–Trinajstić information content (AvgIpc) is 3.01. The highest BCUT2D eigenvalue weighted by atomic mass is 32.1. The van der Waals surface area contributed by atoms with E-state index >= 15 is 0 Å². The summed E-state index contributed by atoms with van der Waals surface area (Å²) in [5.41, 5.74) is 0.969. The molecule has 100 valence electrons. The maximum Gasteiger partial charge on any atom is 0.327 e. The van der Waals surface area contributed by atoms with E-state index in [2.05, 4.69) is 5.32 Å². The van der Waals surface area contributed by atoms with E-state index in [1.165, 1.54) is 0 Å². The van der Waals surface area contributed by atoms with Gasteiger partial charge in [-0.2, -0.15) is 11.3 Å². The third-order valence-corrected chi connectivity index (χ3v) is 3.67. The molecule has 2 unspecified atom stereocenters. The van der Waals surface area contributed by atoms with E-state index in [-0.39, 0.29) is 18.1 Å². The second kappa shape index (κ2) is 6.87. The Bertz CT molecular complexity index is 360. The van der Waals surface area contributed by atoms with Crippen molar-refractivity contribution in [3.05, 3.63) is 22.4 Å². The normalized spacial score (nSPS) is 20.8. The summed E-state index contributed by atoms with van der Waals surface area (Å²) in [6.07, 6.45) is 2.39. The molecule has 0 saturated carbocycles. The summed E-state index contributed by atoms with van der Waals surface area (Å²) < 4.78 is 10.7. The number of hydrogen-bond acceptors (Lipinski definition) is 5. The van der Waals surface area contributed by atoms with Crippen LogP contribution in [0, 0.1) is 0 Å². The van der Waals surface area contributed by atoms with Gasteiger partial charge in [0, 0.05) is 13.2 Å². The van der Waals surface area contributed by atoms with Crippen LogP contribution in [0.1, 0.15) is 31.4 Å². The van der Waals surface area contributed by atoms with Gasteiger partial charge in [0.2, 0.25) is 0 Å². The van der Waals surface area contributed by atoms with Gasteiger partial charge in [-0.15, -0.1) is 0 Å². The number of rotatable bonds is 6. The van der Waals surface area contributed by atoms with Crippen molar-refractivity contribution >= 4 is 17.3 Å². The molecule has 1 aromatic heterocycles. The predicted octanol–water partition coefficient (Wildman–Crippen LogP) is 2.12. The van der Waals surface area contributed by atoms with Crippen LogP contribution >= 0.6 is 11.3 Å². The van der Waals surface area contributed by atoms with Gasteiger partial charge in [0.25, 0.3) is 0 Å². The zero-order valence-corrected chi connectivity index (χ0v) is 11.4. The quantitative estimate of drug-likeness (QED) is 0.804. The first-order valence-electron chi connectivity index (χ1n) is 6.35. The first kappa shape index (κ1) is 13.5. The number of carbonyl (C=O) groups is 1. The minimum atomic E-state index is -0.375. The number of ether oxygens (including phenoxy) is 2. The first-order chi connectivity index (χ1) is 8.81.